The number of benzene rings is 1. The topological polar surface area (TPSA) is 12.0 Å². The number of rotatable bonds is 3. The van der Waals surface area contributed by atoms with Crippen molar-refractivity contribution in [3.8, 4) is 0 Å². The Hall–Kier alpha value is -1.03. The van der Waals surface area contributed by atoms with Gasteiger partial charge in [0.1, 0.15) is 0 Å². The molecule has 90 valence electrons. The monoisotopic (exact) mass is 231 g/mol. The first kappa shape index (κ1) is 13.0. The maximum atomic E-state index is 12.8. The second-order valence-corrected chi connectivity index (χ2v) is 4.10. The van der Waals surface area contributed by atoms with Crippen molar-refractivity contribution in [1.82, 2.24) is 5.32 Å². The number of nitrogens with one attached hydrogen (secondary N) is 1. The van der Waals surface area contributed by atoms with Crippen LogP contribution in [0.25, 0.3) is 0 Å². The molecule has 1 N–H and O–H groups in total. The highest BCUT2D eigenvalue weighted by Crippen LogP contribution is 2.36. The van der Waals surface area contributed by atoms with Crippen LogP contribution in [-0.2, 0) is 6.18 Å². The molecular formula is C12H16F3N. The molecule has 0 amide bonds. The van der Waals surface area contributed by atoms with Crippen molar-refractivity contribution in [1.29, 1.82) is 0 Å². The van der Waals surface area contributed by atoms with Crippen LogP contribution in [0.1, 0.15) is 31.0 Å². The smallest absolute Gasteiger partial charge is 0.313 e. The van der Waals surface area contributed by atoms with E-state index in [4.69, 9.17) is 0 Å². The van der Waals surface area contributed by atoms with Crippen LogP contribution in [0.15, 0.2) is 24.3 Å². The standard InChI is InChI=1S/C12H16F3N/c1-8(2)11(16-3)9-6-4-5-7-10(9)12(13,14)15/h4-8,11,16H,1-3H3. The fourth-order valence-corrected chi connectivity index (χ4v) is 1.87. The zero-order chi connectivity index (χ0) is 12.3. The van der Waals surface area contributed by atoms with E-state index in [1.54, 1.807) is 13.1 Å². The molecule has 1 rings (SSSR count). The number of halogens is 3. The lowest BCUT2D eigenvalue weighted by molar-refractivity contribution is -0.138. The summed E-state index contributed by atoms with van der Waals surface area (Å²) in [5, 5.41) is 2.93. The Morgan fingerprint density at radius 1 is 1.12 bits per heavy atom. The Labute approximate surface area is 93.7 Å². The van der Waals surface area contributed by atoms with Crippen molar-refractivity contribution < 1.29 is 13.2 Å². The molecule has 0 fully saturated rings. The van der Waals surface area contributed by atoms with E-state index in [1.807, 2.05) is 13.8 Å². The van der Waals surface area contributed by atoms with Gasteiger partial charge in [0.15, 0.2) is 0 Å². The molecule has 1 aromatic rings. The summed E-state index contributed by atoms with van der Waals surface area (Å²) >= 11 is 0. The maximum Gasteiger partial charge on any atom is 0.416 e. The van der Waals surface area contributed by atoms with Gasteiger partial charge in [-0.25, -0.2) is 0 Å². The maximum absolute atomic E-state index is 12.8. The van der Waals surface area contributed by atoms with Crippen LogP contribution in [0.4, 0.5) is 13.2 Å². The van der Waals surface area contributed by atoms with E-state index in [2.05, 4.69) is 5.32 Å². The lowest BCUT2D eigenvalue weighted by Crippen LogP contribution is -2.25. The molecule has 1 atom stereocenters. The van der Waals surface area contributed by atoms with Crippen LogP contribution in [0.2, 0.25) is 0 Å². The third kappa shape index (κ3) is 2.76. The summed E-state index contributed by atoms with van der Waals surface area (Å²) in [6.45, 7) is 3.79. The molecule has 1 nitrogen and oxygen atoms in total. The van der Waals surface area contributed by atoms with Crippen LogP contribution in [0.5, 0.6) is 0 Å². The average molecular weight is 231 g/mol. The van der Waals surface area contributed by atoms with Gasteiger partial charge in [0.2, 0.25) is 0 Å². The first-order chi connectivity index (χ1) is 7.38. The summed E-state index contributed by atoms with van der Waals surface area (Å²) in [6, 6.07) is 5.43. The number of hydrogen-bond acceptors (Lipinski definition) is 1. The predicted molar refractivity (Wildman–Crippen MR) is 58.1 cm³/mol. The van der Waals surface area contributed by atoms with Gasteiger partial charge in [0.25, 0.3) is 0 Å². The molecule has 0 aliphatic carbocycles. The molecule has 0 heterocycles. The van der Waals surface area contributed by atoms with Gasteiger partial charge in [-0.3, -0.25) is 0 Å². The quantitative estimate of drug-likeness (QED) is 0.837. The molecule has 1 unspecified atom stereocenters. The minimum absolute atomic E-state index is 0.105. The molecule has 0 radical (unpaired) electrons. The minimum Gasteiger partial charge on any atom is -0.313 e. The van der Waals surface area contributed by atoms with Gasteiger partial charge in [0.05, 0.1) is 5.56 Å². The van der Waals surface area contributed by atoms with E-state index < -0.39 is 11.7 Å². The molecule has 0 saturated carbocycles. The highest BCUT2D eigenvalue weighted by Gasteiger charge is 2.35. The van der Waals surface area contributed by atoms with Gasteiger partial charge in [-0.15, -0.1) is 0 Å². The van der Waals surface area contributed by atoms with Crippen LogP contribution < -0.4 is 5.32 Å². The second kappa shape index (κ2) is 4.87. The van der Waals surface area contributed by atoms with E-state index in [-0.39, 0.29) is 12.0 Å². The number of alkyl halides is 3. The van der Waals surface area contributed by atoms with E-state index in [0.717, 1.165) is 6.07 Å². The SMILES string of the molecule is CNC(c1ccccc1C(F)(F)F)C(C)C. The van der Waals surface area contributed by atoms with Crippen LogP contribution in [-0.4, -0.2) is 7.05 Å². The van der Waals surface area contributed by atoms with Crippen molar-refractivity contribution >= 4 is 0 Å². The van der Waals surface area contributed by atoms with Crippen molar-refractivity contribution in [3.05, 3.63) is 35.4 Å². The molecule has 0 aliphatic rings. The normalized spacial score (nSPS) is 14.2. The predicted octanol–water partition coefficient (Wildman–Crippen LogP) is 3.62. The fraction of sp³-hybridized carbons (Fsp3) is 0.500. The molecule has 0 spiro atoms. The molecule has 1 aromatic carbocycles. The van der Waals surface area contributed by atoms with Gasteiger partial charge in [-0.1, -0.05) is 32.0 Å². The third-order valence-corrected chi connectivity index (χ3v) is 2.58. The van der Waals surface area contributed by atoms with Crippen molar-refractivity contribution in [2.75, 3.05) is 7.05 Å². The third-order valence-electron chi connectivity index (χ3n) is 2.58. The Kier molecular flexibility index (Phi) is 3.97. The Balaban J connectivity index is 3.22. The van der Waals surface area contributed by atoms with E-state index in [9.17, 15) is 13.2 Å². The average Bonchev–Trinajstić information content (AvgIpc) is 2.17. The summed E-state index contributed by atoms with van der Waals surface area (Å²) in [5.41, 5.74) is -0.240. The van der Waals surface area contributed by atoms with Crippen molar-refractivity contribution in [3.63, 3.8) is 0 Å². The highest BCUT2D eigenvalue weighted by atomic mass is 19.4. The minimum atomic E-state index is -4.29. The first-order valence-corrected chi connectivity index (χ1v) is 5.21. The highest BCUT2D eigenvalue weighted by molar-refractivity contribution is 5.32. The molecule has 4 heteroatoms. The second-order valence-electron chi connectivity index (χ2n) is 4.10. The summed E-state index contributed by atoms with van der Waals surface area (Å²) in [4.78, 5) is 0. The zero-order valence-electron chi connectivity index (χ0n) is 9.60. The molecule has 0 bridgehead atoms. The first-order valence-electron chi connectivity index (χ1n) is 5.21. The van der Waals surface area contributed by atoms with Gasteiger partial charge in [0, 0.05) is 6.04 Å². The van der Waals surface area contributed by atoms with E-state index in [0.29, 0.717) is 5.56 Å². The Morgan fingerprint density at radius 2 is 1.69 bits per heavy atom. The summed E-state index contributed by atoms with van der Waals surface area (Å²) in [6.07, 6.45) is -4.29. The van der Waals surface area contributed by atoms with Gasteiger partial charge < -0.3 is 5.32 Å². The molecule has 0 aromatic heterocycles. The van der Waals surface area contributed by atoms with Gasteiger partial charge >= 0.3 is 6.18 Å². The Bertz CT molecular complexity index is 344. The van der Waals surface area contributed by atoms with E-state index in [1.165, 1.54) is 12.1 Å². The van der Waals surface area contributed by atoms with Crippen molar-refractivity contribution in [2.24, 2.45) is 5.92 Å². The summed E-state index contributed by atoms with van der Waals surface area (Å²) in [7, 11) is 1.68. The Morgan fingerprint density at radius 3 is 2.12 bits per heavy atom. The van der Waals surface area contributed by atoms with Gasteiger partial charge in [-0.05, 0) is 24.6 Å². The van der Waals surface area contributed by atoms with Crippen molar-refractivity contribution in [2.45, 2.75) is 26.1 Å². The largest absolute Gasteiger partial charge is 0.416 e. The van der Waals surface area contributed by atoms with Crippen LogP contribution >= 0.6 is 0 Å². The molecule has 16 heavy (non-hydrogen) atoms. The molecule has 0 aliphatic heterocycles. The number of hydrogen-bond donors (Lipinski definition) is 1. The molecular weight excluding hydrogens is 215 g/mol. The lowest BCUT2D eigenvalue weighted by atomic mass is 9.92. The zero-order valence-corrected chi connectivity index (χ0v) is 9.60. The van der Waals surface area contributed by atoms with Crippen LogP contribution in [0.3, 0.4) is 0 Å². The summed E-state index contributed by atoms with van der Waals surface area (Å²) < 4.78 is 38.3. The van der Waals surface area contributed by atoms with Gasteiger partial charge in [-0.2, -0.15) is 13.2 Å². The van der Waals surface area contributed by atoms with E-state index >= 15 is 0 Å². The lowest BCUT2D eigenvalue weighted by Gasteiger charge is -2.24. The van der Waals surface area contributed by atoms with Crippen LogP contribution in [0, 0.1) is 5.92 Å². The summed E-state index contributed by atoms with van der Waals surface area (Å²) in [5.74, 6) is 0.105. The fourth-order valence-electron chi connectivity index (χ4n) is 1.87. The molecule has 0 saturated heterocycles.